The van der Waals surface area contributed by atoms with Gasteiger partial charge in [0.25, 0.3) is 5.91 Å². The van der Waals surface area contributed by atoms with E-state index in [0.717, 1.165) is 0 Å². The lowest BCUT2D eigenvalue weighted by Crippen LogP contribution is -2.22. The number of nitrogens with one attached hydrogen (secondary N) is 1. The van der Waals surface area contributed by atoms with Gasteiger partial charge >= 0.3 is 5.97 Å². The van der Waals surface area contributed by atoms with Gasteiger partial charge in [-0.25, -0.2) is 14.8 Å². The van der Waals surface area contributed by atoms with E-state index in [4.69, 9.17) is 30.2 Å². The van der Waals surface area contributed by atoms with Crippen LogP contribution in [0.4, 0.5) is 5.69 Å². The van der Waals surface area contributed by atoms with Gasteiger partial charge in [0.2, 0.25) is 0 Å². The van der Waals surface area contributed by atoms with Gasteiger partial charge < -0.3 is 23.9 Å². The summed E-state index contributed by atoms with van der Waals surface area (Å²) in [6.07, 6.45) is 3.29. The lowest BCUT2D eigenvalue weighted by Gasteiger charge is -2.14. The highest BCUT2D eigenvalue weighted by atomic mass is 35.5. The Balaban J connectivity index is 1.72. The molecule has 0 unspecified atom stereocenters. The molecule has 0 saturated heterocycles. The van der Waals surface area contributed by atoms with E-state index in [9.17, 15) is 9.59 Å². The van der Waals surface area contributed by atoms with Crippen LogP contribution in [0, 0.1) is 6.92 Å². The molecule has 3 rings (SSSR count). The predicted octanol–water partition coefficient (Wildman–Crippen LogP) is 4.23. The van der Waals surface area contributed by atoms with Crippen LogP contribution in [0.1, 0.15) is 16.1 Å². The van der Waals surface area contributed by atoms with Crippen molar-refractivity contribution in [1.29, 1.82) is 0 Å². The molecular weight excluding hydrogens is 458 g/mol. The van der Waals surface area contributed by atoms with Crippen molar-refractivity contribution in [2.45, 2.75) is 11.9 Å². The van der Waals surface area contributed by atoms with Crippen LogP contribution >= 0.6 is 23.4 Å². The van der Waals surface area contributed by atoms with E-state index in [1.165, 1.54) is 44.4 Å². The van der Waals surface area contributed by atoms with Gasteiger partial charge in [-0.3, -0.25) is 4.79 Å². The zero-order valence-electron chi connectivity index (χ0n) is 17.7. The van der Waals surface area contributed by atoms with E-state index in [0.29, 0.717) is 39.5 Å². The number of aryl methyl sites for hydroxylation is 1. The van der Waals surface area contributed by atoms with Crippen molar-refractivity contribution in [1.82, 2.24) is 9.97 Å². The van der Waals surface area contributed by atoms with E-state index in [2.05, 4.69) is 15.3 Å². The van der Waals surface area contributed by atoms with E-state index in [1.807, 2.05) is 0 Å². The Morgan fingerprint density at radius 1 is 1.19 bits per heavy atom. The summed E-state index contributed by atoms with van der Waals surface area (Å²) >= 11 is 7.37. The molecule has 1 amide bonds. The number of thioether (sulfide) groups is 1. The fourth-order valence-corrected chi connectivity index (χ4v) is 3.65. The Kier molecular flexibility index (Phi) is 7.60. The average Bonchev–Trinajstić information content (AvgIpc) is 3.32. The SMILES string of the molecule is COc1cc(OC)c(NC(=O)COC(=O)c2c(C)nc(-c3ccco3)nc2SC)cc1Cl. The molecule has 11 heteroatoms. The molecule has 0 bridgehead atoms. The number of halogens is 1. The van der Waals surface area contributed by atoms with Crippen LogP contribution in [-0.2, 0) is 9.53 Å². The number of ether oxygens (including phenoxy) is 3. The molecule has 168 valence electrons. The highest BCUT2D eigenvalue weighted by molar-refractivity contribution is 7.98. The maximum Gasteiger partial charge on any atom is 0.343 e. The molecule has 0 radical (unpaired) electrons. The largest absolute Gasteiger partial charge is 0.495 e. The summed E-state index contributed by atoms with van der Waals surface area (Å²) in [5.74, 6) is 0.283. The van der Waals surface area contributed by atoms with Gasteiger partial charge in [-0.15, -0.1) is 11.8 Å². The number of hydrogen-bond donors (Lipinski definition) is 1. The lowest BCUT2D eigenvalue weighted by atomic mass is 10.2. The number of methoxy groups -OCH3 is 2. The van der Waals surface area contributed by atoms with Crippen molar-refractivity contribution < 1.29 is 28.2 Å². The van der Waals surface area contributed by atoms with E-state index in [-0.39, 0.29) is 10.6 Å². The number of esters is 1. The molecule has 1 aromatic carbocycles. The summed E-state index contributed by atoms with van der Waals surface area (Å²) in [4.78, 5) is 33.7. The van der Waals surface area contributed by atoms with E-state index >= 15 is 0 Å². The third kappa shape index (κ3) is 5.14. The van der Waals surface area contributed by atoms with Crippen LogP contribution in [0.15, 0.2) is 40.0 Å². The first kappa shape index (κ1) is 23.4. The molecule has 0 spiro atoms. The second-order valence-corrected chi connectivity index (χ2v) is 7.51. The predicted molar refractivity (Wildman–Crippen MR) is 120 cm³/mol. The first-order valence-corrected chi connectivity index (χ1v) is 10.8. The zero-order valence-corrected chi connectivity index (χ0v) is 19.3. The monoisotopic (exact) mass is 477 g/mol. The Morgan fingerprint density at radius 3 is 2.56 bits per heavy atom. The molecule has 0 saturated carbocycles. The molecule has 2 aromatic heterocycles. The highest BCUT2D eigenvalue weighted by Gasteiger charge is 2.22. The van der Waals surface area contributed by atoms with Crippen LogP contribution in [0.5, 0.6) is 11.5 Å². The number of aromatic nitrogens is 2. The van der Waals surface area contributed by atoms with Crippen molar-refractivity contribution in [3.8, 4) is 23.1 Å². The summed E-state index contributed by atoms with van der Waals surface area (Å²) in [6, 6.07) is 6.46. The fourth-order valence-electron chi connectivity index (χ4n) is 2.79. The molecule has 1 N–H and O–H groups in total. The molecule has 0 atom stereocenters. The minimum Gasteiger partial charge on any atom is -0.495 e. The van der Waals surface area contributed by atoms with Crippen molar-refractivity contribution >= 4 is 40.9 Å². The average molecular weight is 478 g/mol. The number of furan rings is 1. The van der Waals surface area contributed by atoms with Crippen molar-refractivity contribution in [3.05, 3.63) is 46.8 Å². The van der Waals surface area contributed by atoms with Gasteiger partial charge in [-0.2, -0.15) is 0 Å². The molecule has 0 aliphatic rings. The molecule has 0 aliphatic heterocycles. The molecular formula is C21H20ClN3O6S. The van der Waals surface area contributed by atoms with Gasteiger partial charge in [0.05, 0.1) is 36.9 Å². The maximum atomic E-state index is 12.7. The first-order valence-electron chi connectivity index (χ1n) is 9.22. The zero-order chi connectivity index (χ0) is 23.3. The van der Waals surface area contributed by atoms with Gasteiger partial charge in [-0.1, -0.05) is 11.6 Å². The number of rotatable bonds is 8. The van der Waals surface area contributed by atoms with Crippen LogP contribution in [0.2, 0.25) is 5.02 Å². The van der Waals surface area contributed by atoms with Gasteiger partial charge in [0.1, 0.15) is 22.1 Å². The summed E-state index contributed by atoms with van der Waals surface area (Å²) in [7, 11) is 2.91. The quantitative estimate of drug-likeness (QED) is 0.289. The molecule has 0 fully saturated rings. The third-order valence-electron chi connectivity index (χ3n) is 4.28. The molecule has 0 aliphatic carbocycles. The Hall–Kier alpha value is -3.24. The minimum atomic E-state index is -0.715. The summed E-state index contributed by atoms with van der Waals surface area (Å²) < 4.78 is 20.9. The van der Waals surface area contributed by atoms with Crippen molar-refractivity contribution in [2.75, 3.05) is 32.4 Å². The topological polar surface area (TPSA) is 113 Å². The third-order valence-corrected chi connectivity index (χ3v) is 5.26. The summed E-state index contributed by atoms with van der Waals surface area (Å²) in [6.45, 7) is 1.13. The lowest BCUT2D eigenvalue weighted by molar-refractivity contribution is -0.119. The number of anilines is 1. The van der Waals surface area contributed by atoms with Gasteiger partial charge in [-0.05, 0) is 31.4 Å². The second-order valence-electron chi connectivity index (χ2n) is 6.31. The Bertz CT molecular complexity index is 1140. The number of carbonyl (C=O) groups is 2. The first-order chi connectivity index (χ1) is 15.4. The van der Waals surface area contributed by atoms with E-state index < -0.39 is 18.5 Å². The van der Waals surface area contributed by atoms with Crippen LogP contribution in [0.25, 0.3) is 11.6 Å². The normalized spacial score (nSPS) is 10.5. The molecule has 32 heavy (non-hydrogen) atoms. The smallest absolute Gasteiger partial charge is 0.343 e. The molecule has 3 aromatic rings. The second kappa shape index (κ2) is 10.4. The van der Waals surface area contributed by atoms with Crippen molar-refractivity contribution in [2.24, 2.45) is 0 Å². The summed E-state index contributed by atoms with van der Waals surface area (Å²) in [5.41, 5.74) is 0.905. The standard InChI is InChI=1S/C21H20ClN3O6S/c1-11-18(20(32-4)25-19(23-11)14-6-5-7-30-14)21(27)31-10-17(26)24-13-8-12(22)15(28-2)9-16(13)29-3/h5-9H,10H2,1-4H3,(H,24,26). The van der Waals surface area contributed by atoms with Gasteiger partial charge in [0.15, 0.2) is 18.2 Å². The number of carbonyl (C=O) groups excluding carboxylic acids is 2. The van der Waals surface area contributed by atoms with Crippen LogP contribution < -0.4 is 14.8 Å². The Labute approximate surface area is 193 Å². The number of hydrogen-bond acceptors (Lipinski definition) is 9. The number of nitrogens with zero attached hydrogens (tertiary/aromatic N) is 2. The van der Waals surface area contributed by atoms with Crippen molar-refractivity contribution in [3.63, 3.8) is 0 Å². The number of amides is 1. The fraction of sp³-hybridized carbons (Fsp3) is 0.238. The minimum absolute atomic E-state index is 0.186. The Morgan fingerprint density at radius 2 is 1.94 bits per heavy atom. The molecule has 2 heterocycles. The number of benzene rings is 1. The van der Waals surface area contributed by atoms with Gasteiger partial charge in [0, 0.05) is 6.07 Å². The molecule has 9 nitrogen and oxygen atoms in total. The van der Waals surface area contributed by atoms with E-state index in [1.54, 1.807) is 25.3 Å². The van der Waals surface area contributed by atoms with Crippen LogP contribution in [0.3, 0.4) is 0 Å². The summed E-state index contributed by atoms with van der Waals surface area (Å²) in [5, 5.41) is 3.30. The highest BCUT2D eigenvalue weighted by Crippen LogP contribution is 2.35. The maximum absolute atomic E-state index is 12.7. The van der Waals surface area contributed by atoms with Crippen LogP contribution in [-0.4, -0.2) is 48.9 Å².